The largest absolute Gasteiger partial charge is 0.450 e. The smallest absolute Gasteiger partial charge is 0.409 e. The highest BCUT2D eigenvalue weighted by Gasteiger charge is 2.29. The average molecular weight is 493 g/mol. The molecule has 2 amide bonds. The Balaban J connectivity index is 1.15. The summed E-state index contributed by atoms with van der Waals surface area (Å²) in [5.41, 5.74) is 5.60. The van der Waals surface area contributed by atoms with E-state index in [1.807, 2.05) is 19.1 Å². The standard InChI is InChI=1S/C28H36N4O4/c1-2-36-28(35)31-15-13-30(14-16-31)24-7-8-26-22(17-24)10-12-32(27(26)34)20-25(33)19-29-11-9-21-5-3-4-6-23(21)18-29/h3-8,17,25,33H,2,9-16,18-20H2,1H3. The molecular weight excluding hydrogens is 456 g/mol. The van der Waals surface area contributed by atoms with Gasteiger partial charge in [-0.3, -0.25) is 9.69 Å². The summed E-state index contributed by atoms with van der Waals surface area (Å²) in [7, 11) is 0. The molecule has 36 heavy (non-hydrogen) atoms. The summed E-state index contributed by atoms with van der Waals surface area (Å²) < 4.78 is 5.11. The van der Waals surface area contributed by atoms with Gasteiger partial charge in [0.05, 0.1) is 12.7 Å². The molecule has 0 aromatic heterocycles. The van der Waals surface area contributed by atoms with Gasteiger partial charge in [-0.1, -0.05) is 24.3 Å². The van der Waals surface area contributed by atoms with Crippen molar-refractivity contribution in [1.29, 1.82) is 0 Å². The second-order valence-electron chi connectivity index (χ2n) is 9.92. The first-order valence-corrected chi connectivity index (χ1v) is 13.1. The van der Waals surface area contributed by atoms with E-state index in [2.05, 4.69) is 40.1 Å². The third-order valence-corrected chi connectivity index (χ3v) is 7.54. The Kier molecular flexibility index (Phi) is 7.43. The number of piperazine rings is 1. The number of rotatable bonds is 6. The van der Waals surface area contributed by atoms with Crippen LogP contribution in [0.1, 0.15) is 34.0 Å². The van der Waals surface area contributed by atoms with E-state index in [4.69, 9.17) is 4.74 Å². The zero-order valence-corrected chi connectivity index (χ0v) is 21.1. The van der Waals surface area contributed by atoms with Crippen molar-refractivity contribution in [3.05, 3.63) is 64.7 Å². The fourth-order valence-electron chi connectivity index (χ4n) is 5.58. The van der Waals surface area contributed by atoms with Gasteiger partial charge in [0, 0.05) is 70.2 Å². The number of carbonyl (C=O) groups excluding carboxylic acids is 2. The fraction of sp³-hybridized carbons (Fsp3) is 0.500. The first kappa shape index (κ1) is 24.6. The molecule has 8 heteroatoms. The molecule has 1 N–H and O–H groups in total. The Labute approximate surface area is 213 Å². The molecule has 3 aliphatic rings. The van der Waals surface area contributed by atoms with Crippen LogP contribution in [0, 0.1) is 0 Å². The highest BCUT2D eigenvalue weighted by Crippen LogP contribution is 2.26. The van der Waals surface area contributed by atoms with Crippen LogP contribution in [0.5, 0.6) is 0 Å². The molecule has 0 saturated carbocycles. The highest BCUT2D eigenvalue weighted by molar-refractivity contribution is 5.97. The molecule has 1 saturated heterocycles. The fourth-order valence-corrected chi connectivity index (χ4v) is 5.58. The summed E-state index contributed by atoms with van der Waals surface area (Å²) in [4.78, 5) is 33.2. The Bertz CT molecular complexity index is 1100. The number of β-amino-alcohol motifs (C(OH)–C–C–N with tert-alkyl or cyclic N) is 1. The number of nitrogens with zero attached hydrogens (tertiary/aromatic N) is 4. The summed E-state index contributed by atoms with van der Waals surface area (Å²) in [6.07, 6.45) is 0.956. The van der Waals surface area contributed by atoms with E-state index >= 15 is 0 Å². The monoisotopic (exact) mass is 492 g/mol. The Hall–Kier alpha value is -3.10. The van der Waals surface area contributed by atoms with Crippen LogP contribution < -0.4 is 4.90 Å². The van der Waals surface area contributed by atoms with Gasteiger partial charge in [0.2, 0.25) is 0 Å². The number of benzene rings is 2. The molecule has 3 heterocycles. The lowest BCUT2D eigenvalue weighted by molar-refractivity contribution is 0.0493. The predicted molar refractivity (Wildman–Crippen MR) is 138 cm³/mol. The van der Waals surface area contributed by atoms with Crippen molar-refractivity contribution in [3.63, 3.8) is 0 Å². The van der Waals surface area contributed by atoms with Gasteiger partial charge in [-0.15, -0.1) is 0 Å². The van der Waals surface area contributed by atoms with Gasteiger partial charge in [-0.05, 0) is 54.7 Å². The molecule has 8 nitrogen and oxygen atoms in total. The maximum absolute atomic E-state index is 13.2. The number of aliphatic hydroxyl groups excluding tert-OH is 1. The molecule has 1 fully saturated rings. The van der Waals surface area contributed by atoms with Gasteiger partial charge < -0.3 is 24.5 Å². The third-order valence-electron chi connectivity index (χ3n) is 7.54. The van der Waals surface area contributed by atoms with E-state index in [1.165, 1.54) is 11.1 Å². The van der Waals surface area contributed by atoms with Crippen molar-refractivity contribution in [3.8, 4) is 0 Å². The Morgan fingerprint density at radius 2 is 1.69 bits per heavy atom. The van der Waals surface area contributed by atoms with Gasteiger partial charge in [-0.2, -0.15) is 0 Å². The molecular formula is C28H36N4O4. The average Bonchev–Trinajstić information content (AvgIpc) is 2.90. The minimum absolute atomic E-state index is 0.00188. The maximum atomic E-state index is 13.2. The molecule has 5 rings (SSSR count). The van der Waals surface area contributed by atoms with Crippen molar-refractivity contribution in [2.45, 2.75) is 32.4 Å². The highest BCUT2D eigenvalue weighted by atomic mass is 16.6. The molecule has 3 aliphatic heterocycles. The van der Waals surface area contributed by atoms with Gasteiger partial charge in [0.15, 0.2) is 0 Å². The number of anilines is 1. The predicted octanol–water partition coefficient (Wildman–Crippen LogP) is 2.38. The van der Waals surface area contributed by atoms with Crippen LogP contribution in [0.25, 0.3) is 0 Å². The van der Waals surface area contributed by atoms with Crippen LogP contribution in [-0.4, -0.2) is 96.9 Å². The summed E-state index contributed by atoms with van der Waals surface area (Å²) in [5.74, 6) is -0.00188. The van der Waals surface area contributed by atoms with Crippen molar-refractivity contribution < 1.29 is 19.4 Å². The van der Waals surface area contributed by atoms with Gasteiger partial charge in [-0.25, -0.2) is 4.79 Å². The van der Waals surface area contributed by atoms with Crippen molar-refractivity contribution >= 4 is 17.7 Å². The molecule has 0 aliphatic carbocycles. The van der Waals surface area contributed by atoms with Crippen molar-refractivity contribution in [1.82, 2.24) is 14.7 Å². The van der Waals surface area contributed by atoms with Gasteiger partial charge in [0.1, 0.15) is 0 Å². The van der Waals surface area contributed by atoms with E-state index in [9.17, 15) is 14.7 Å². The van der Waals surface area contributed by atoms with E-state index < -0.39 is 6.10 Å². The molecule has 0 radical (unpaired) electrons. The molecule has 0 spiro atoms. The number of carbonyl (C=O) groups is 2. The van der Waals surface area contributed by atoms with Gasteiger partial charge in [0.25, 0.3) is 5.91 Å². The maximum Gasteiger partial charge on any atom is 0.409 e. The molecule has 2 aromatic carbocycles. The molecule has 1 unspecified atom stereocenters. The number of fused-ring (bicyclic) bond motifs is 2. The van der Waals surface area contributed by atoms with Crippen LogP contribution in [0.4, 0.5) is 10.5 Å². The second-order valence-corrected chi connectivity index (χ2v) is 9.92. The van der Waals surface area contributed by atoms with E-state index in [-0.39, 0.29) is 12.0 Å². The van der Waals surface area contributed by atoms with E-state index in [1.54, 1.807) is 9.80 Å². The van der Waals surface area contributed by atoms with Crippen LogP contribution in [-0.2, 0) is 24.1 Å². The molecule has 1 atom stereocenters. The summed E-state index contributed by atoms with van der Waals surface area (Å²) in [6.45, 7) is 8.27. The summed E-state index contributed by atoms with van der Waals surface area (Å²) >= 11 is 0. The Morgan fingerprint density at radius 1 is 0.944 bits per heavy atom. The first-order chi connectivity index (χ1) is 17.5. The number of hydrogen-bond donors (Lipinski definition) is 1. The molecule has 192 valence electrons. The topological polar surface area (TPSA) is 76.6 Å². The summed E-state index contributed by atoms with van der Waals surface area (Å²) in [6, 6.07) is 14.5. The normalized spacial score (nSPS) is 19.1. The zero-order chi connectivity index (χ0) is 25.1. The van der Waals surface area contributed by atoms with Crippen LogP contribution in [0.15, 0.2) is 42.5 Å². The molecule has 0 bridgehead atoms. The van der Waals surface area contributed by atoms with E-state index in [0.717, 1.165) is 55.8 Å². The number of amides is 2. The van der Waals surface area contributed by atoms with Crippen molar-refractivity contribution in [2.24, 2.45) is 0 Å². The first-order valence-electron chi connectivity index (χ1n) is 13.1. The lowest BCUT2D eigenvalue weighted by Gasteiger charge is -2.36. The number of ether oxygens (including phenoxy) is 1. The number of hydrogen-bond acceptors (Lipinski definition) is 6. The lowest BCUT2D eigenvalue weighted by Crippen LogP contribution is -2.49. The minimum atomic E-state index is -0.573. The van der Waals surface area contributed by atoms with Crippen LogP contribution in [0.2, 0.25) is 0 Å². The minimum Gasteiger partial charge on any atom is -0.450 e. The second kappa shape index (κ2) is 10.9. The van der Waals surface area contributed by atoms with Gasteiger partial charge >= 0.3 is 6.09 Å². The van der Waals surface area contributed by atoms with Crippen molar-refractivity contribution in [2.75, 3.05) is 63.9 Å². The third kappa shape index (κ3) is 5.34. The molecule has 2 aromatic rings. The SMILES string of the molecule is CCOC(=O)N1CCN(c2ccc3c(c2)CCN(CC(O)CN2CCc4ccccc4C2)C3=O)CC1. The van der Waals surface area contributed by atoms with Crippen LogP contribution in [0.3, 0.4) is 0 Å². The quantitative estimate of drug-likeness (QED) is 0.668. The lowest BCUT2D eigenvalue weighted by atomic mass is 9.97. The Morgan fingerprint density at radius 3 is 2.47 bits per heavy atom. The van der Waals surface area contributed by atoms with E-state index in [0.29, 0.717) is 39.3 Å². The number of aliphatic hydroxyl groups is 1. The summed E-state index contributed by atoms with van der Waals surface area (Å²) in [5, 5.41) is 10.8. The van der Waals surface area contributed by atoms with Crippen LogP contribution >= 0.6 is 0 Å². The zero-order valence-electron chi connectivity index (χ0n) is 21.1.